The first kappa shape index (κ1) is 27.5. The third-order valence-corrected chi connectivity index (χ3v) is 7.90. The summed E-state index contributed by atoms with van der Waals surface area (Å²) in [6, 6.07) is 19.3. The van der Waals surface area contributed by atoms with Crippen LogP contribution in [0.4, 0.5) is 23.7 Å². The monoisotopic (exact) mass is 565 g/mol. The summed E-state index contributed by atoms with van der Waals surface area (Å²) >= 11 is 0.841. The Labute approximate surface area is 233 Å². The molecule has 3 aromatic carbocycles. The van der Waals surface area contributed by atoms with Crippen molar-refractivity contribution in [2.24, 2.45) is 0 Å². The number of hydrogen-bond acceptors (Lipinski definition) is 5. The molecule has 1 unspecified atom stereocenters. The van der Waals surface area contributed by atoms with Gasteiger partial charge in [-0.15, -0.1) is 11.3 Å². The number of amides is 1. The lowest BCUT2D eigenvalue weighted by Gasteiger charge is -2.19. The summed E-state index contributed by atoms with van der Waals surface area (Å²) in [5.74, 6) is -1.89. The molecule has 1 aliphatic rings. The SMILES string of the molecule is CCOC(=O)C1(c2ccc(-c3ccccc3)c(-c3sc(F)cc3NC(=O)OC(C)c3ccc(F)cc3F)c2)CC1. The topological polar surface area (TPSA) is 64.6 Å². The smallest absolute Gasteiger partial charge is 0.412 e. The Morgan fingerprint density at radius 1 is 0.975 bits per heavy atom. The van der Waals surface area contributed by atoms with Gasteiger partial charge in [0.25, 0.3) is 0 Å². The molecule has 0 bridgehead atoms. The second-order valence-corrected chi connectivity index (χ2v) is 10.6. The minimum Gasteiger partial charge on any atom is -0.465 e. The summed E-state index contributed by atoms with van der Waals surface area (Å²) in [4.78, 5) is 26.0. The number of carbonyl (C=O) groups excluding carboxylic acids is 2. The Morgan fingerprint density at radius 3 is 2.40 bits per heavy atom. The van der Waals surface area contributed by atoms with Crippen molar-refractivity contribution < 1.29 is 32.2 Å². The lowest BCUT2D eigenvalue weighted by atomic mass is 9.89. The number of benzene rings is 3. The van der Waals surface area contributed by atoms with Gasteiger partial charge in [0.15, 0.2) is 5.13 Å². The van der Waals surface area contributed by atoms with Crippen LogP contribution in [0.2, 0.25) is 0 Å². The van der Waals surface area contributed by atoms with Crippen LogP contribution in [0.3, 0.4) is 0 Å². The molecule has 0 radical (unpaired) electrons. The van der Waals surface area contributed by atoms with Gasteiger partial charge in [-0.25, -0.2) is 13.6 Å². The van der Waals surface area contributed by atoms with Gasteiger partial charge in [-0.3, -0.25) is 10.1 Å². The first-order valence-corrected chi connectivity index (χ1v) is 13.6. The molecule has 40 heavy (non-hydrogen) atoms. The van der Waals surface area contributed by atoms with E-state index in [0.29, 0.717) is 29.3 Å². The Bertz CT molecular complexity index is 1570. The lowest BCUT2D eigenvalue weighted by molar-refractivity contribution is -0.146. The summed E-state index contributed by atoms with van der Waals surface area (Å²) < 4.78 is 52.9. The number of nitrogens with one attached hydrogen (secondary N) is 1. The Kier molecular flexibility index (Phi) is 7.67. The fourth-order valence-corrected chi connectivity index (χ4v) is 5.62. The zero-order chi connectivity index (χ0) is 28.4. The molecule has 9 heteroatoms. The minimum absolute atomic E-state index is 0.000958. The molecule has 1 heterocycles. The van der Waals surface area contributed by atoms with E-state index in [0.717, 1.165) is 34.1 Å². The van der Waals surface area contributed by atoms with Crippen LogP contribution in [-0.2, 0) is 19.7 Å². The van der Waals surface area contributed by atoms with Gasteiger partial charge < -0.3 is 9.47 Å². The molecule has 0 aliphatic heterocycles. The highest BCUT2D eigenvalue weighted by atomic mass is 32.1. The van der Waals surface area contributed by atoms with Crippen molar-refractivity contribution in [2.75, 3.05) is 11.9 Å². The number of hydrogen-bond donors (Lipinski definition) is 1. The number of carbonyl (C=O) groups is 2. The molecule has 5 nitrogen and oxygen atoms in total. The van der Waals surface area contributed by atoms with E-state index >= 15 is 0 Å². The van der Waals surface area contributed by atoms with E-state index in [9.17, 15) is 22.8 Å². The van der Waals surface area contributed by atoms with Crippen LogP contribution in [0.25, 0.3) is 21.6 Å². The Morgan fingerprint density at radius 2 is 1.73 bits per heavy atom. The van der Waals surface area contributed by atoms with E-state index in [-0.39, 0.29) is 23.8 Å². The highest BCUT2D eigenvalue weighted by Gasteiger charge is 2.53. The summed E-state index contributed by atoms with van der Waals surface area (Å²) in [5.41, 5.74) is 2.44. The van der Waals surface area contributed by atoms with Gasteiger partial charge in [-0.05, 0) is 61.6 Å². The van der Waals surface area contributed by atoms with Gasteiger partial charge in [-0.1, -0.05) is 42.5 Å². The van der Waals surface area contributed by atoms with Crippen LogP contribution < -0.4 is 5.32 Å². The number of rotatable bonds is 8. The van der Waals surface area contributed by atoms with E-state index in [1.54, 1.807) is 6.92 Å². The molecule has 5 rings (SSSR count). The number of anilines is 1. The Balaban J connectivity index is 1.50. The minimum atomic E-state index is -1.03. The van der Waals surface area contributed by atoms with Crippen LogP contribution in [0.5, 0.6) is 0 Å². The third kappa shape index (κ3) is 5.47. The van der Waals surface area contributed by atoms with Crippen molar-refractivity contribution in [1.82, 2.24) is 0 Å². The maximum Gasteiger partial charge on any atom is 0.412 e. The lowest BCUT2D eigenvalue weighted by Crippen LogP contribution is -2.23. The number of halogens is 3. The van der Waals surface area contributed by atoms with E-state index in [1.165, 1.54) is 19.1 Å². The average Bonchev–Trinajstić information content (AvgIpc) is 3.66. The number of thiophene rings is 1. The van der Waals surface area contributed by atoms with E-state index in [4.69, 9.17) is 9.47 Å². The van der Waals surface area contributed by atoms with E-state index < -0.39 is 34.4 Å². The number of ether oxygens (including phenoxy) is 2. The second-order valence-electron chi connectivity index (χ2n) is 9.56. The van der Waals surface area contributed by atoms with Crippen molar-refractivity contribution in [3.63, 3.8) is 0 Å². The summed E-state index contributed by atoms with van der Waals surface area (Å²) in [7, 11) is 0. The molecule has 1 aliphatic carbocycles. The molecular weight excluding hydrogens is 539 g/mol. The highest BCUT2D eigenvalue weighted by Crippen LogP contribution is 2.52. The van der Waals surface area contributed by atoms with Gasteiger partial charge in [0, 0.05) is 23.3 Å². The predicted octanol–water partition coefficient (Wildman–Crippen LogP) is 8.40. The molecule has 1 atom stereocenters. The molecule has 1 amide bonds. The van der Waals surface area contributed by atoms with E-state index in [2.05, 4.69) is 5.32 Å². The van der Waals surface area contributed by atoms with Gasteiger partial charge >= 0.3 is 12.1 Å². The third-order valence-electron chi connectivity index (χ3n) is 6.94. The molecule has 1 fully saturated rings. The van der Waals surface area contributed by atoms with E-state index in [1.807, 2.05) is 48.5 Å². The summed E-state index contributed by atoms with van der Waals surface area (Å²) in [5, 5.41) is 2.04. The first-order chi connectivity index (χ1) is 19.2. The van der Waals surface area contributed by atoms with Crippen LogP contribution in [0, 0.1) is 16.8 Å². The largest absolute Gasteiger partial charge is 0.465 e. The van der Waals surface area contributed by atoms with Crippen molar-refractivity contribution in [2.45, 2.75) is 38.2 Å². The molecule has 0 saturated heterocycles. The quantitative estimate of drug-likeness (QED) is 0.218. The second kappa shape index (κ2) is 11.2. The molecule has 0 spiro atoms. The fraction of sp³-hybridized carbons (Fsp3) is 0.226. The molecule has 1 saturated carbocycles. The Hall–Kier alpha value is -4.11. The van der Waals surface area contributed by atoms with Crippen LogP contribution in [0.15, 0.2) is 72.8 Å². The molecular formula is C31H26F3NO4S. The summed E-state index contributed by atoms with van der Waals surface area (Å²) in [6.07, 6.45) is -0.679. The predicted molar refractivity (Wildman–Crippen MR) is 148 cm³/mol. The van der Waals surface area contributed by atoms with Crippen molar-refractivity contribution in [3.8, 4) is 21.6 Å². The van der Waals surface area contributed by atoms with Crippen molar-refractivity contribution >= 4 is 29.1 Å². The summed E-state index contributed by atoms with van der Waals surface area (Å²) in [6.45, 7) is 3.48. The average molecular weight is 566 g/mol. The molecule has 1 aromatic heterocycles. The standard InChI is InChI=1S/C31H26F3NO4S/c1-3-38-29(36)31(13-14-31)20-9-11-23(19-7-5-4-6-8-19)24(15-20)28-26(17-27(34)40-28)35-30(37)39-18(2)22-12-10-21(32)16-25(22)33/h4-12,15-18H,3,13-14H2,1-2H3,(H,35,37). The molecule has 4 aromatic rings. The maximum absolute atomic E-state index is 14.7. The van der Waals surface area contributed by atoms with Gasteiger partial charge in [0.05, 0.1) is 22.6 Å². The fourth-order valence-electron chi connectivity index (χ4n) is 4.75. The zero-order valence-corrected chi connectivity index (χ0v) is 22.6. The highest BCUT2D eigenvalue weighted by molar-refractivity contribution is 7.14. The van der Waals surface area contributed by atoms with Crippen LogP contribution in [-0.4, -0.2) is 18.7 Å². The zero-order valence-electron chi connectivity index (χ0n) is 21.8. The molecule has 206 valence electrons. The van der Waals surface area contributed by atoms with Gasteiger partial charge in [-0.2, -0.15) is 4.39 Å². The van der Waals surface area contributed by atoms with Crippen LogP contribution >= 0.6 is 11.3 Å². The van der Waals surface area contributed by atoms with Crippen LogP contribution in [0.1, 0.15) is 43.9 Å². The number of esters is 1. The van der Waals surface area contributed by atoms with Crippen molar-refractivity contribution in [1.29, 1.82) is 0 Å². The maximum atomic E-state index is 14.7. The van der Waals surface area contributed by atoms with Crippen molar-refractivity contribution in [3.05, 3.63) is 101 Å². The molecule has 1 N–H and O–H groups in total. The van der Waals surface area contributed by atoms with Gasteiger partial charge in [0.2, 0.25) is 0 Å². The normalized spacial score (nSPS) is 14.3. The van der Waals surface area contributed by atoms with Gasteiger partial charge in [0.1, 0.15) is 17.7 Å². The first-order valence-electron chi connectivity index (χ1n) is 12.8.